The van der Waals surface area contributed by atoms with Crippen molar-refractivity contribution >= 4 is 12.1 Å². The zero-order valence-corrected chi connectivity index (χ0v) is 21.8. The number of carboxylic acids is 1. The van der Waals surface area contributed by atoms with Crippen LogP contribution in [0.4, 0.5) is 4.79 Å². The van der Waals surface area contributed by atoms with Crippen LogP contribution in [-0.2, 0) is 23.2 Å². The van der Waals surface area contributed by atoms with E-state index < -0.39 is 23.2 Å². The molecule has 0 bridgehead atoms. The Morgan fingerprint density at radius 1 is 0.816 bits per heavy atom. The molecule has 7 nitrogen and oxygen atoms in total. The predicted molar refractivity (Wildman–Crippen MR) is 144 cm³/mol. The number of hydrogen-bond acceptors (Lipinski definition) is 4. The molecule has 3 aromatic carbocycles. The van der Waals surface area contributed by atoms with Gasteiger partial charge >= 0.3 is 12.1 Å². The summed E-state index contributed by atoms with van der Waals surface area (Å²) in [6.45, 7) is 5.94. The average Bonchev–Trinajstić information content (AvgIpc) is 3.30. The molecular weight excluding hydrogens is 478 g/mol. The molecule has 0 saturated carbocycles. The SMILES string of the molecule is CC(C)(C)OC(=O)N1CCc2c(c(C(=O)O)nn2C(c2ccccc2)(c2ccccc2)c2ccccc2)C1. The summed E-state index contributed by atoms with van der Waals surface area (Å²) in [4.78, 5) is 27.0. The Balaban J connectivity index is 1.77. The third kappa shape index (κ3) is 4.45. The summed E-state index contributed by atoms with van der Waals surface area (Å²) >= 11 is 0. The van der Waals surface area contributed by atoms with Gasteiger partial charge in [-0.3, -0.25) is 0 Å². The van der Waals surface area contributed by atoms with Crippen LogP contribution in [0.15, 0.2) is 91.0 Å². The third-order valence-electron chi connectivity index (χ3n) is 6.80. The molecule has 1 aliphatic rings. The van der Waals surface area contributed by atoms with Crippen LogP contribution in [0.5, 0.6) is 0 Å². The summed E-state index contributed by atoms with van der Waals surface area (Å²) in [6.07, 6.45) is -0.0315. The number of hydrogen-bond donors (Lipinski definition) is 1. The van der Waals surface area contributed by atoms with Gasteiger partial charge in [-0.2, -0.15) is 5.10 Å². The first-order valence-electron chi connectivity index (χ1n) is 12.7. The highest BCUT2D eigenvalue weighted by molar-refractivity contribution is 5.88. The van der Waals surface area contributed by atoms with Gasteiger partial charge < -0.3 is 14.7 Å². The Labute approximate surface area is 222 Å². The van der Waals surface area contributed by atoms with E-state index in [2.05, 4.69) is 0 Å². The Morgan fingerprint density at radius 3 is 1.71 bits per heavy atom. The third-order valence-corrected chi connectivity index (χ3v) is 6.80. The molecule has 1 aromatic heterocycles. The molecule has 0 radical (unpaired) electrons. The first kappa shape index (κ1) is 25.3. The number of carboxylic acid groups (broad SMARTS) is 1. The lowest BCUT2D eigenvalue weighted by molar-refractivity contribution is 0.0220. The summed E-state index contributed by atoms with van der Waals surface area (Å²) in [5, 5.41) is 15.0. The molecule has 4 aromatic rings. The molecule has 194 valence electrons. The molecule has 0 unspecified atom stereocenters. The number of benzene rings is 3. The number of ether oxygens (including phenoxy) is 1. The van der Waals surface area contributed by atoms with Crippen molar-refractivity contribution < 1.29 is 19.4 Å². The van der Waals surface area contributed by atoms with E-state index in [-0.39, 0.29) is 12.2 Å². The van der Waals surface area contributed by atoms with Crippen LogP contribution < -0.4 is 0 Å². The number of carbonyl (C=O) groups is 2. The second kappa shape index (κ2) is 9.82. The zero-order valence-electron chi connectivity index (χ0n) is 21.8. The summed E-state index contributed by atoms with van der Waals surface area (Å²) in [5.41, 5.74) is 2.54. The Kier molecular flexibility index (Phi) is 6.53. The summed E-state index contributed by atoms with van der Waals surface area (Å²) in [7, 11) is 0. The van der Waals surface area contributed by atoms with Gasteiger partial charge in [-0.1, -0.05) is 91.0 Å². The minimum Gasteiger partial charge on any atom is -0.476 e. The van der Waals surface area contributed by atoms with Crippen molar-refractivity contribution in [3.05, 3.63) is 125 Å². The molecular formula is C31H31N3O4. The van der Waals surface area contributed by atoms with Gasteiger partial charge in [0.15, 0.2) is 5.69 Å². The van der Waals surface area contributed by atoms with Crippen molar-refractivity contribution in [2.45, 2.75) is 44.9 Å². The second-order valence-corrected chi connectivity index (χ2v) is 10.5. The van der Waals surface area contributed by atoms with Crippen LogP contribution in [0, 0.1) is 0 Å². The van der Waals surface area contributed by atoms with Crippen molar-refractivity contribution in [2.75, 3.05) is 6.54 Å². The molecule has 1 aliphatic heterocycles. The molecule has 0 saturated heterocycles. The number of nitrogens with zero attached hydrogens (tertiary/aromatic N) is 3. The predicted octanol–water partition coefficient (Wildman–Crippen LogP) is 5.71. The lowest BCUT2D eigenvalue weighted by Crippen LogP contribution is -2.43. The first-order valence-corrected chi connectivity index (χ1v) is 12.7. The van der Waals surface area contributed by atoms with Crippen molar-refractivity contribution in [2.24, 2.45) is 0 Å². The largest absolute Gasteiger partial charge is 0.476 e. The van der Waals surface area contributed by atoms with E-state index in [1.54, 1.807) is 4.90 Å². The van der Waals surface area contributed by atoms with Crippen molar-refractivity contribution in [1.29, 1.82) is 0 Å². The standard InChI is InChI=1S/C31H31N3O4/c1-30(2,3)38-29(37)33-20-19-26-25(21-33)27(28(35)36)32-34(26)31(22-13-7-4-8-14-22,23-15-9-5-10-16-23)24-17-11-6-12-18-24/h4-18H,19-21H2,1-3H3,(H,35,36). The van der Waals surface area contributed by atoms with Gasteiger partial charge in [-0.25, -0.2) is 14.3 Å². The molecule has 1 amide bonds. The van der Waals surface area contributed by atoms with Crippen molar-refractivity contribution in [1.82, 2.24) is 14.7 Å². The van der Waals surface area contributed by atoms with Crippen LogP contribution in [0.25, 0.3) is 0 Å². The fraction of sp³-hybridized carbons (Fsp3) is 0.258. The van der Waals surface area contributed by atoms with Crippen LogP contribution in [0.1, 0.15) is 59.2 Å². The van der Waals surface area contributed by atoms with Gasteiger partial charge in [-0.15, -0.1) is 0 Å². The van der Waals surface area contributed by atoms with Crippen LogP contribution in [-0.4, -0.2) is 44.0 Å². The highest BCUT2D eigenvalue weighted by atomic mass is 16.6. The highest BCUT2D eigenvalue weighted by Gasteiger charge is 2.44. The minimum atomic E-state index is -1.13. The smallest absolute Gasteiger partial charge is 0.410 e. The van der Waals surface area contributed by atoms with Crippen molar-refractivity contribution in [3.63, 3.8) is 0 Å². The van der Waals surface area contributed by atoms with E-state index in [4.69, 9.17) is 9.84 Å². The molecule has 7 heteroatoms. The maximum absolute atomic E-state index is 12.9. The molecule has 0 spiro atoms. The topological polar surface area (TPSA) is 84.7 Å². The first-order chi connectivity index (χ1) is 18.2. The van der Waals surface area contributed by atoms with Crippen LogP contribution >= 0.6 is 0 Å². The fourth-order valence-corrected chi connectivity index (χ4v) is 5.26. The number of aromatic carboxylic acids is 1. The second-order valence-electron chi connectivity index (χ2n) is 10.5. The number of fused-ring (bicyclic) bond motifs is 1. The van der Waals surface area contributed by atoms with Gasteiger partial charge in [0.2, 0.25) is 0 Å². The number of aromatic nitrogens is 2. The quantitative estimate of drug-likeness (QED) is 0.348. The molecule has 38 heavy (non-hydrogen) atoms. The van der Waals surface area contributed by atoms with E-state index in [1.807, 2.05) is 116 Å². The van der Waals surface area contributed by atoms with Crippen LogP contribution in [0.2, 0.25) is 0 Å². The maximum atomic E-state index is 12.9. The van der Waals surface area contributed by atoms with E-state index in [1.165, 1.54) is 0 Å². The van der Waals surface area contributed by atoms with Crippen LogP contribution in [0.3, 0.4) is 0 Å². The Morgan fingerprint density at radius 2 is 1.29 bits per heavy atom. The van der Waals surface area contributed by atoms with Crippen molar-refractivity contribution in [3.8, 4) is 0 Å². The van der Waals surface area contributed by atoms with Gasteiger partial charge in [0.05, 0.1) is 6.54 Å². The van der Waals surface area contributed by atoms with E-state index in [0.717, 1.165) is 22.4 Å². The average molecular weight is 510 g/mol. The number of rotatable bonds is 5. The maximum Gasteiger partial charge on any atom is 0.410 e. The highest BCUT2D eigenvalue weighted by Crippen LogP contribution is 2.43. The van der Waals surface area contributed by atoms with Gasteiger partial charge in [0, 0.05) is 24.2 Å². The molecule has 0 aliphatic carbocycles. The lowest BCUT2D eigenvalue weighted by Gasteiger charge is -2.39. The number of carbonyl (C=O) groups excluding carboxylic acids is 1. The monoisotopic (exact) mass is 509 g/mol. The summed E-state index contributed by atoms with van der Waals surface area (Å²) in [6, 6.07) is 30.0. The summed E-state index contributed by atoms with van der Waals surface area (Å²) in [5.74, 6) is -1.13. The molecule has 5 rings (SSSR count). The lowest BCUT2D eigenvalue weighted by atomic mass is 9.76. The zero-order chi connectivity index (χ0) is 26.9. The molecule has 2 heterocycles. The molecule has 0 fully saturated rings. The van der Waals surface area contributed by atoms with E-state index >= 15 is 0 Å². The Hall–Kier alpha value is -4.39. The van der Waals surface area contributed by atoms with E-state index in [0.29, 0.717) is 18.5 Å². The van der Waals surface area contributed by atoms with E-state index in [9.17, 15) is 14.7 Å². The van der Waals surface area contributed by atoms with Gasteiger partial charge in [0.25, 0.3) is 0 Å². The molecule has 0 atom stereocenters. The van der Waals surface area contributed by atoms with Gasteiger partial charge in [-0.05, 0) is 37.5 Å². The number of amides is 1. The minimum absolute atomic E-state index is 0.0552. The Bertz CT molecular complexity index is 1340. The van der Waals surface area contributed by atoms with Gasteiger partial charge in [0.1, 0.15) is 11.1 Å². The summed E-state index contributed by atoms with van der Waals surface area (Å²) < 4.78 is 7.46. The fourth-order valence-electron chi connectivity index (χ4n) is 5.26. The normalized spacial score (nSPS) is 13.6. The molecule has 1 N–H and O–H groups in total.